The minimum atomic E-state index is -0.186. The number of nitrogens with one attached hydrogen (secondary N) is 1. The van der Waals surface area contributed by atoms with E-state index in [1.165, 1.54) is 6.07 Å². The lowest BCUT2D eigenvalue weighted by molar-refractivity contribution is 0.584. The summed E-state index contributed by atoms with van der Waals surface area (Å²) in [5, 5.41) is 10.8. The van der Waals surface area contributed by atoms with Crippen molar-refractivity contribution in [1.29, 1.82) is 0 Å². The largest absolute Gasteiger partial charge is 0.307 e. The molecule has 2 aromatic rings. The Labute approximate surface area is 93.3 Å². The molecule has 2 rings (SSSR count). The summed E-state index contributed by atoms with van der Waals surface area (Å²) in [6.07, 6.45) is 1.63. The molecule has 1 aromatic heterocycles. The van der Waals surface area contributed by atoms with Gasteiger partial charge in [0.15, 0.2) is 0 Å². The van der Waals surface area contributed by atoms with Crippen LogP contribution in [0, 0.1) is 5.82 Å². The maximum atomic E-state index is 13.2. The second-order valence-electron chi connectivity index (χ2n) is 3.41. The third kappa shape index (κ3) is 2.84. The van der Waals surface area contributed by atoms with Crippen LogP contribution in [0.4, 0.5) is 4.39 Å². The van der Waals surface area contributed by atoms with Crippen LogP contribution < -0.4 is 5.32 Å². The highest BCUT2D eigenvalue weighted by atomic mass is 19.1. The number of benzene rings is 1. The fourth-order valence-corrected chi connectivity index (χ4v) is 1.39. The number of nitrogens with zero attached hydrogens (tertiary/aromatic N) is 2. The highest BCUT2D eigenvalue weighted by molar-refractivity contribution is 5.17. The van der Waals surface area contributed by atoms with Gasteiger partial charge in [0.1, 0.15) is 5.82 Å². The molecule has 1 aromatic carbocycles. The van der Waals surface area contributed by atoms with Gasteiger partial charge < -0.3 is 5.32 Å². The normalized spacial score (nSPS) is 10.3. The lowest BCUT2D eigenvalue weighted by atomic mass is 10.2. The predicted octanol–water partition coefficient (Wildman–Crippen LogP) is 1.91. The molecule has 3 nitrogen and oxygen atoms in total. The van der Waals surface area contributed by atoms with Crippen LogP contribution in [0.3, 0.4) is 0 Å². The Morgan fingerprint density at radius 3 is 2.69 bits per heavy atom. The molecule has 0 aliphatic rings. The molecule has 0 saturated carbocycles. The van der Waals surface area contributed by atoms with Crippen LogP contribution in [0.25, 0.3) is 0 Å². The number of hydrogen-bond acceptors (Lipinski definition) is 3. The summed E-state index contributed by atoms with van der Waals surface area (Å²) in [5.41, 5.74) is 1.50. The van der Waals surface area contributed by atoms with E-state index in [9.17, 15) is 4.39 Å². The first kappa shape index (κ1) is 10.7. The van der Waals surface area contributed by atoms with E-state index in [0.29, 0.717) is 18.7 Å². The monoisotopic (exact) mass is 217 g/mol. The molecule has 0 spiro atoms. The van der Waals surface area contributed by atoms with Crippen LogP contribution in [0.2, 0.25) is 0 Å². The van der Waals surface area contributed by atoms with Gasteiger partial charge in [0.25, 0.3) is 0 Å². The fraction of sp³-hybridized carbons (Fsp3) is 0.167. The Morgan fingerprint density at radius 1 is 1.06 bits per heavy atom. The van der Waals surface area contributed by atoms with Gasteiger partial charge in [-0.05, 0) is 18.2 Å². The molecule has 0 atom stereocenters. The first-order valence-corrected chi connectivity index (χ1v) is 5.07. The molecular weight excluding hydrogens is 205 g/mol. The van der Waals surface area contributed by atoms with Crippen LogP contribution in [0.5, 0.6) is 0 Å². The molecule has 1 heterocycles. The smallest absolute Gasteiger partial charge is 0.127 e. The van der Waals surface area contributed by atoms with Crippen molar-refractivity contribution in [2.75, 3.05) is 0 Å². The minimum Gasteiger partial charge on any atom is -0.307 e. The van der Waals surface area contributed by atoms with Gasteiger partial charge >= 0.3 is 0 Å². The van der Waals surface area contributed by atoms with Gasteiger partial charge in [-0.15, -0.1) is 0 Å². The molecule has 0 fully saturated rings. The Kier molecular flexibility index (Phi) is 3.56. The lowest BCUT2D eigenvalue weighted by Gasteiger charge is -2.04. The van der Waals surface area contributed by atoms with E-state index in [-0.39, 0.29) is 5.82 Å². The summed E-state index contributed by atoms with van der Waals surface area (Å²) in [6.45, 7) is 1.07. The van der Waals surface area contributed by atoms with Crippen molar-refractivity contribution in [1.82, 2.24) is 15.5 Å². The van der Waals surface area contributed by atoms with Crippen molar-refractivity contribution in [2.24, 2.45) is 0 Å². The van der Waals surface area contributed by atoms with Gasteiger partial charge in [-0.3, -0.25) is 0 Å². The van der Waals surface area contributed by atoms with Gasteiger partial charge in [-0.2, -0.15) is 10.2 Å². The van der Waals surface area contributed by atoms with E-state index in [0.717, 1.165) is 5.69 Å². The number of aromatic nitrogens is 2. The van der Waals surface area contributed by atoms with Gasteiger partial charge in [0.05, 0.1) is 5.69 Å². The second-order valence-corrected chi connectivity index (χ2v) is 3.41. The van der Waals surface area contributed by atoms with Gasteiger partial charge in [-0.25, -0.2) is 4.39 Å². The fourth-order valence-electron chi connectivity index (χ4n) is 1.39. The molecule has 0 aliphatic heterocycles. The standard InChI is InChI=1S/C12H12FN3/c13-12-6-2-1-4-10(12)8-14-9-11-5-3-7-15-16-11/h1-7,14H,8-9H2. The zero-order chi connectivity index (χ0) is 11.2. The van der Waals surface area contributed by atoms with Crippen molar-refractivity contribution in [3.63, 3.8) is 0 Å². The van der Waals surface area contributed by atoms with E-state index in [1.54, 1.807) is 18.3 Å². The van der Waals surface area contributed by atoms with Crippen LogP contribution >= 0.6 is 0 Å². The topological polar surface area (TPSA) is 37.8 Å². The van der Waals surface area contributed by atoms with Crippen molar-refractivity contribution in [2.45, 2.75) is 13.1 Å². The molecule has 0 bridgehead atoms. The first-order chi connectivity index (χ1) is 7.86. The summed E-state index contributed by atoms with van der Waals surface area (Å²) >= 11 is 0. The maximum Gasteiger partial charge on any atom is 0.127 e. The minimum absolute atomic E-state index is 0.186. The lowest BCUT2D eigenvalue weighted by Crippen LogP contribution is -2.14. The highest BCUT2D eigenvalue weighted by Gasteiger charge is 1.99. The summed E-state index contributed by atoms with van der Waals surface area (Å²) in [7, 11) is 0. The molecule has 0 saturated heterocycles. The third-order valence-corrected chi connectivity index (χ3v) is 2.21. The van der Waals surface area contributed by atoms with Crippen LogP contribution in [-0.4, -0.2) is 10.2 Å². The Hall–Kier alpha value is -1.81. The quantitative estimate of drug-likeness (QED) is 0.850. The Morgan fingerprint density at radius 2 is 1.94 bits per heavy atom. The Balaban J connectivity index is 1.87. The van der Waals surface area contributed by atoms with Crippen molar-refractivity contribution >= 4 is 0 Å². The van der Waals surface area contributed by atoms with Gasteiger partial charge in [0, 0.05) is 24.8 Å². The van der Waals surface area contributed by atoms with Crippen LogP contribution in [0.15, 0.2) is 42.6 Å². The van der Waals surface area contributed by atoms with Crippen LogP contribution in [-0.2, 0) is 13.1 Å². The predicted molar refractivity (Wildman–Crippen MR) is 59.0 cm³/mol. The molecule has 0 amide bonds. The molecular formula is C12H12FN3. The molecule has 0 aliphatic carbocycles. The number of rotatable bonds is 4. The van der Waals surface area contributed by atoms with E-state index in [2.05, 4.69) is 15.5 Å². The van der Waals surface area contributed by atoms with E-state index in [4.69, 9.17) is 0 Å². The van der Waals surface area contributed by atoms with Crippen molar-refractivity contribution in [3.8, 4) is 0 Å². The highest BCUT2D eigenvalue weighted by Crippen LogP contribution is 2.05. The molecule has 4 heteroatoms. The van der Waals surface area contributed by atoms with E-state index >= 15 is 0 Å². The SMILES string of the molecule is Fc1ccccc1CNCc1cccnn1. The zero-order valence-corrected chi connectivity index (χ0v) is 8.73. The molecule has 1 N–H and O–H groups in total. The number of halogens is 1. The maximum absolute atomic E-state index is 13.2. The second kappa shape index (κ2) is 5.32. The number of hydrogen-bond donors (Lipinski definition) is 1. The molecule has 0 unspecified atom stereocenters. The summed E-state index contributed by atoms with van der Waals surface area (Å²) in [4.78, 5) is 0. The summed E-state index contributed by atoms with van der Waals surface area (Å²) in [6, 6.07) is 10.4. The van der Waals surface area contributed by atoms with Gasteiger partial charge in [-0.1, -0.05) is 18.2 Å². The zero-order valence-electron chi connectivity index (χ0n) is 8.73. The van der Waals surface area contributed by atoms with E-state index < -0.39 is 0 Å². The first-order valence-electron chi connectivity index (χ1n) is 5.07. The average molecular weight is 217 g/mol. The molecule has 82 valence electrons. The van der Waals surface area contributed by atoms with Crippen molar-refractivity contribution < 1.29 is 4.39 Å². The average Bonchev–Trinajstić information content (AvgIpc) is 2.33. The summed E-state index contributed by atoms with van der Waals surface area (Å²) < 4.78 is 13.2. The Bertz CT molecular complexity index is 445. The van der Waals surface area contributed by atoms with Crippen molar-refractivity contribution in [3.05, 3.63) is 59.7 Å². The van der Waals surface area contributed by atoms with E-state index in [1.807, 2.05) is 18.2 Å². The summed E-state index contributed by atoms with van der Waals surface area (Å²) in [5.74, 6) is -0.186. The molecule has 0 radical (unpaired) electrons. The molecule has 16 heavy (non-hydrogen) atoms. The van der Waals surface area contributed by atoms with Crippen LogP contribution in [0.1, 0.15) is 11.3 Å². The van der Waals surface area contributed by atoms with Gasteiger partial charge in [0.2, 0.25) is 0 Å². The third-order valence-electron chi connectivity index (χ3n) is 2.21.